The fourth-order valence-electron chi connectivity index (χ4n) is 1.64. The first-order chi connectivity index (χ1) is 4.93. The quantitative estimate of drug-likeness (QED) is 0.592. The van der Waals surface area contributed by atoms with Gasteiger partial charge < -0.3 is 5.32 Å². The summed E-state index contributed by atoms with van der Waals surface area (Å²) in [5, 5.41) is 3.52. The molecular weight excluding hydrogens is 122 g/mol. The molecular formula is C9H19N. The van der Waals surface area contributed by atoms with Gasteiger partial charge in [-0.1, -0.05) is 26.2 Å². The Hall–Kier alpha value is -0.0400. The highest BCUT2D eigenvalue weighted by Gasteiger charge is 2.12. The molecule has 1 unspecified atom stereocenters. The highest BCUT2D eigenvalue weighted by atomic mass is 14.9. The average molecular weight is 141 g/mol. The molecule has 1 atom stereocenters. The molecule has 0 saturated carbocycles. The standard InChI is InChI=1S/C9H19N/c1-2-3-4-6-9-7-5-8-10-9/h9-10H,2-8H2,1H3. The van der Waals surface area contributed by atoms with Crippen molar-refractivity contribution in [2.45, 2.75) is 51.5 Å². The second-order valence-electron chi connectivity index (χ2n) is 3.29. The Morgan fingerprint density at radius 3 is 2.90 bits per heavy atom. The lowest BCUT2D eigenvalue weighted by Gasteiger charge is -2.07. The van der Waals surface area contributed by atoms with Gasteiger partial charge >= 0.3 is 0 Å². The predicted molar refractivity (Wildman–Crippen MR) is 45.2 cm³/mol. The molecule has 1 heteroatoms. The highest BCUT2D eigenvalue weighted by Crippen LogP contribution is 2.12. The zero-order valence-electron chi connectivity index (χ0n) is 7.03. The van der Waals surface area contributed by atoms with E-state index in [0.29, 0.717) is 0 Å². The Balaban J connectivity index is 1.91. The maximum Gasteiger partial charge on any atom is 0.00675 e. The fraction of sp³-hybridized carbons (Fsp3) is 1.00. The zero-order chi connectivity index (χ0) is 7.23. The van der Waals surface area contributed by atoms with Gasteiger partial charge in [0.1, 0.15) is 0 Å². The smallest absolute Gasteiger partial charge is 0.00675 e. The van der Waals surface area contributed by atoms with Crippen LogP contribution in [0.4, 0.5) is 0 Å². The molecule has 1 N–H and O–H groups in total. The molecule has 0 bridgehead atoms. The van der Waals surface area contributed by atoms with Gasteiger partial charge in [0.25, 0.3) is 0 Å². The van der Waals surface area contributed by atoms with Crippen LogP contribution in [0.3, 0.4) is 0 Å². The minimum absolute atomic E-state index is 0.867. The number of hydrogen-bond acceptors (Lipinski definition) is 1. The highest BCUT2D eigenvalue weighted by molar-refractivity contribution is 4.73. The van der Waals surface area contributed by atoms with Gasteiger partial charge in [-0.05, 0) is 25.8 Å². The molecule has 10 heavy (non-hydrogen) atoms. The van der Waals surface area contributed by atoms with E-state index in [1.54, 1.807) is 0 Å². The third kappa shape index (κ3) is 2.70. The minimum atomic E-state index is 0.867. The molecule has 1 aliphatic rings. The van der Waals surface area contributed by atoms with Crippen molar-refractivity contribution >= 4 is 0 Å². The second kappa shape index (κ2) is 4.73. The molecule has 0 aromatic rings. The lowest BCUT2D eigenvalue weighted by molar-refractivity contribution is 0.520. The molecule has 0 aromatic heterocycles. The van der Waals surface area contributed by atoms with Crippen molar-refractivity contribution in [1.29, 1.82) is 0 Å². The lowest BCUT2D eigenvalue weighted by Crippen LogP contribution is -2.20. The van der Waals surface area contributed by atoms with Crippen LogP contribution in [0.5, 0.6) is 0 Å². The van der Waals surface area contributed by atoms with Gasteiger partial charge in [0, 0.05) is 6.04 Å². The largest absolute Gasteiger partial charge is 0.314 e. The first-order valence-electron chi connectivity index (χ1n) is 4.67. The van der Waals surface area contributed by atoms with Crippen molar-refractivity contribution < 1.29 is 0 Å². The first kappa shape index (κ1) is 8.06. The fourth-order valence-corrected chi connectivity index (χ4v) is 1.64. The van der Waals surface area contributed by atoms with Crippen LogP contribution < -0.4 is 5.32 Å². The Morgan fingerprint density at radius 1 is 1.40 bits per heavy atom. The minimum Gasteiger partial charge on any atom is -0.314 e. The van der Waals surface area contributed by atoms with E-state index in [4.69, 9.17) is 0 Å². The van der Waals surface area contributed by atoms with Crippen molar-refractivity contribution in [2.75, 3.05) is 6.54 Å². The maximum atomic E-state index is 3.52. The van der Waals surface area contributed by atoms with E-state index in [2.05, 4.69) is 12.2 Å². The summed E-state index contributed by atoms with van der Waals surface area (Å²) < 4.78 is 0. The average Bonchev–Trinajstić information content (AvgIpc) is 2.41. The van der Waals surface area contributed by atoms with E-state index in [0.717, 1.165) is 6.04 Å². The number of hydrogen-bond donors (Lipinski definition) is 1. The lowest BCUT2D eigenvalue weighted by atomic mass is 10.1. The Labute approximate surface area is 64.2 Å². The molecule has 60 valence electrons. The van der Waals surface area contributed by atoms with Crippen LogP contribution in [-0.2, 0) is 0 Å². The first-order valence-corrected chi connectivity index (χ1v) is 4.67. The summed E-state index contributed by atoms with van der Waals surface area (Å²) in [5.74, 6) is 0. The van der Waals surface area contributed by atoms with Gasteiger partial charge in [0.05, 0.1) is 0 Å². The van der Waals surface area contributed by atoms with Gasteiger partial charge in [0.15, 0.2) is 0 Å². The molecule has 1 nitrogen and oxygen atoms in total. The predicted octanol–water partition coefficient (Wildman–Crippen LogP) is 2.32. The van der Waals surface area contributed by atoms with Gasteiger partial charge in [-0.25, -0.2) is 0 Å². The third-order valence-electron chi connectivity index (χ3n) is 2.32. The van der Waals surface area contributed by atoms with E-state index in [1.165, 1.54) is 45.1 Å². The van der Waals surface area contributed by atoms with Crippen molar-refractivity contribution in [3.63, 3.8) is 0 Å². The van der Waals surface area contributed by atoms with Crippen LogP contribution in [0.15, 0.2) is 0 Å². The normalized spacial score (nSPS) is 25.5. The van der Waals surface area contributed by atoms with E-state index < -0.39 is 0 Å². The molecule has 1 heterocycles. The summed E-state index contributed by atoms with van der Waals surface area (Å²) in [6, 6.07) is 0.867. The van der Waals surface area contributed by atoms with Crippen LogP contribution in [0.25, 0.3) is 0 Å². The van der Waals surface area contributed by atoms with Crippen molar-refractivity contribution in [1.82, 2.24) is 5.32 Å². The van der Waals surface area contributed by atoms with Gasteiger partial charge in [-0.3, -0.25) is 0 Å². The monoisotopic (exact) mass is 141 g/mol. The SMILES string of the molecule is CCCCCC1CCCN1. The summed E-state index contributed by atoms with van der Waals surface area (Å²) >= 11 is 0. The summed E-state index contributed by atoms with van der Waals surface area (Å²) in [7, 11) is 0. The van der Waals surface area contributed by atoms with Crippen LogP contribution in [-0.4, -0.2) is 12.6 Å². The van der Waals surface area contributed by atoms with E-state index in [9.17, 15) is 0 Å². The van der Waals surface area contributed by atoms with Crippen LogP contribution in [0, 0.1) is 0 Å². The second-order valence-corrected chi connectivity index (χ2v) is 3.29. The molecule has 1 rings (SSSR count). The third-order valence-corrected chi connectivity index (χ3v) is 2.32. The molecule has 0 radical (unpaired) electrons. The topological polar surface area (TPSA) is 12.0 Å². The molecule has 1 fully saturated rings. The molecule has 1 aliphatic heterocycles. The van der Waals surface area contributed by atoms with Crippen LogP contribution >= 0.6 is 0 Å². The molecule has 0 aliphatic carbocycles. The summed E-state index contributed by atoms with van der Waals surface area (Å²) in [6.45, 7) is 3.53. The molecule has 0 spiro atoms. The van der Waals surface area contributed by atoms with Crippen LogP contribution in [0.1, 0.15) is 45.4 Å². The van der Waals surface area contributed by atoms with Crippen LogP contribution in [0.2, 0.25) is 0 Å². The van der Waals surface area contributed by atoms with Crippen molar-refractivity contribution in [2.24, 2.45) is 0 Å². The van der Waals surface area contributed by atoms with E-state index in [1.807, 2.05) is 0 Å². The van der Waals surface area contributed by atoms with Gasteiger partial charge in [-0.15, -0.1) is 0 Å². The number of unbranched alkanes of at least 4 members (excludes halogenated alkanes) is 2. The number of nitrogens with one attached hydrogen (secondary N) is 1. The van der Waals surface area contributed by atoms with Crippen molar-refractivity contribution in [3.05, 3.63) is 0 Å². The number of rotatable bonds is 4. The van der Waals surface area contributed by atoms with E-state index in [-0.39, 0.29) is 0 Å². The Bertz CT molecular complexity index is 74.8. The van der Waals surface area contributed by atoms with Gasteiger partial charge in [-0.2, -0.15) is 0 Å². The molecule has 1 saturated heterocycles. The molecule has 0 aromatic carbocycles. The summed E-state index contributed by atoms with van der Waals surface area (Å²) in [5.41, 5.74) is 0. The Morgan fingerprint density at radius 2 is 2.30 bits per heavy atom. The maximum absolute atomic E-state index is 3.52. The Kier molecular flexibility index (Phi) is 3.81. The summed E-state index contributed by atoms with van der Waals surface area (Å²) in [6.07, 6.45) is 8.42. The summed E-state index contributed by atoms with van der Waals surface area (Å²) in [4.78, 5) is 0. The zero-order valence-corrected chi connectivity index (χ0v) is 7.03. The molecule has 0 amide bonds. The van der Waals surface area contributed by atoms with Gasteiger partial charge in [0.2, 0.25) is 0 Å². The van der Waals surface area contributed by atoms with Crippen molar-refractivity contribution in [3.8, 4) is 0 Å². The van der Waals surface area contributed by atoms with E-state index >= 15 is 0 Å².